The Morgan fingerprint density at radius 3 is 2.50 bits per heavy atom. The zero-order valence-electron chi connectivity index (χ0n) is 10.6. The number of rotatable bonds is 3. The number of ether oxygens (including phenoxy) is 1. The Hall–Kier alpha value is -1.06. The minimum absolute atomic E-state index is 0.0673. The number of likely N-dealkylation sites (tertiary alicyclic amines) is 1. The fourth-order valence-corrected chi connectivity index (χ4v) is 1.88. The van der Waals surface area contributed by atoms with Gasteiger partial charge >= 0.3 is 5.97 Å². The maximum atomic E-state index is 11.9. The number of esters is 1. The summed E-state index contributed by atoms with van der Waals surface area (Å²) >= 11 is 0. The molecular weight excluding hydrogens is 206 g/mol. The lowest BCUT2D eigenvalue weighted by Gasteiger charge is -2.28. The molecule has 0 N–H and O–H groups in total. The summed E-state index contributed by atoms with van der Waals surface area (Å²) in [5.41, 5.74) is -0.493. The lowest BCUT2D eigenvalue weighted by atomic mass is 10.1. The van der Waals surface area contributed by atoms with Crippen LogP contribution in [0.1, 0.15) is 47.0 Å². The van der Waals surface area contributed by atoms with Crippen molar-refractivity contribution >= 4 is 11.9 Å². The highest BCUT2D eigenvalue weighted by atomic mass is 16.6. The molecule has 0 radical (unpaired) electrons. The lowest BCUT2D eigenvalue weighted by Crippen LogP contribution is -2.44. The van der Waals surface area contributed by atoms with Crippen molar-refractivity contribution in [3.05, 3.63) is 0 Å². The first-order valence-corrected chi connectivity index (χ1v) is 5.87. The lowest BCUT2D eigenvalue weighted by molar-refractivity contribution is -0.163. The standard InChI is InChI=1S/C12H21NO3/c1-5-9(11(15)16-12(2,3)4)13-8-6-7-10(13)14/h9H,5-8H2,1-4H3. The van der Waals surface area contributed by atoms with Crippen LogP contribution in [-0.4, -0.2) is 35.0 Å². The molecule has 4 heteroatoms. The summed E-state index contributed by atoms with van der Waals surface area (Å²) in [7, 11) is 0. The van der Waals surface area contributed by atoms with Crippen molar-refractivity contribution in [2.45, 2.75) is 58.6 Å². The summed E-state index contributed by atoms with van der Waals surface area (Å²) in [4.78, 5) is 25.1. The Balaban J connectivity index is 2.67. The monoisotopic (exact) mass is 227 g/mol. The third kappa shape index (κ3) is 3.22. The molecular formula is C12H21NO3. The normalized spacial score (nSPS) is 18.8. The van der Waals surface area contributed by atoms with E-state index in [1.165, 1.54) is 0 Å². The van der Waals surface area contributed by atoms with Crippen LogP contribution in [0.15, 0.2) is 0 Å². The zero-order chi connectivity index (χ0) is 12.3. The minimum Gasteiger partial charge on any atom is -0.458 e. The van der Waals surface area contributed by atoms with Crippen LogP contribution in [0.25, 0.3) is 0 Å². The molecule has 16 heavy (non-hydrogen) atoms. The van der Waals surface area contributed by atoms with E-state index in [1.807, 2.05) is 27.7 Å². The topological polar surface area (TPSA) is 46.6 Å². The summed E-state index contributed by atoms with van der Waals surface area (Å²) in [6.45, 7) is 8.09. The molecule has 1 aliphatic heterocycles. The van der Waals surface area contributed by atoms with E-state index in [0.29, 0.717) is 19.4 Å². The predicted molar refractivity (Wildman–Crippen MR) is 60.9 cm³/mol. The van der Waals surface area contributed by atoms with Gasteiger partial charge in [-0.25, -0.2) is 4.79 Å². The van der Waals surface area contributed by atoms with Gasteiger partial charge in [-0.1, -0.05) is 6.92 Å². The van der Waals surface area contributed by atoms with Crippen molar-refractivity contribution < 1.29 is 14.3 Å². The van der Waals surface area contributed by atoms with Crippen LogP contribution in [0, 0.1) is 0 Å². The molecule has 1 amide bonds. The van der Waals surface area contributed by atoms with Crippen molar-refractivity contribution in [3.63, 3.8) is 0 Å². The molecule has 1 rings (SSSR count). The highest BCUT2D eigenvalue weighted by Gasteiger charge is 2.34. The molecule has 4 nitrogen and oxygen atoms in total. The summed E-state index contributed by atoms with van der Waals surface area (Å²) in [6.07, 6.45) is 2.01. The Morgan fingerprint density at radius 2 is 2.12 bits per heavy atom. The molecule has 0 aromatic carbocycles. The molecule has 1 unspecified atom stereocenters. The van der Waals surface area contributed by atoms with Gasteiger partial charge in [0.25, 0.3) is 0 Å². The number of hydrogen-bond donors (Lipinski definition) is 0. The maximum absolute atomic E-state index is 11.9. The molecule has 1 saturated heterocycles. The number of carbonyl (C=O) groups is 2. The van der Waals surface area contributed by atoms with Crippen LogP contribution in [0.4, 0.5) is 0 Å². The Morgan fingerprint density at radius 1 is 1.50 bits per heavy atom. The highest BCUT2D eigenvalue weighted by Crippen LogP contribution is 2.19. The van der Waals surface area contributed by atoms with Crippen LogP contribution < -0.4 is 0 Å². The molecule has 1 heterocycles. The fourth-order valence-electron chi connectivity index (χ4n) is 1.88. The Bertz CT molecular complexity index is 280. The van der Waals surface area contributed by atoms with Crippen LogP contribution >= 0.6 is 0 Å². The number of nitrogens with zero attached hydrogens (tertiary/aromatic N) is 1. The molecule has 0 aromatic rings. The van der Waals surface area contributed by atoms with E-state index < -0.39 is 11.6 Å². The molecule has 0 aromatic heterocycles. The van der Waals surface area contributed by atoms with Crippen molar-refractivity contribution in [3.8, 4) is 0 Å². The van der Waals surface area contributed by atoms with Crippen LogP contribution in [0.3, 0.4) is 0 Å². The van der Waals surface area contributed by atoms with Crippen molar-refractivity contribution in [1.29, 1.82) is 0 Å². The second-order valence-electron chi connectivity index (χ2n) is 5.15. The average Bonchev–Trinajstić information content (AvgIpc) is 2.50. The average molecular weight is 227 g/mol. The van der Waals surface area contributed by atoms with Gasteiger partial charge in [0.15, 0.2) is 0 Å². The third-order valence-corrected chi connectivity index (χ3v) is 2.55. The van der Waals surface area contributed by atoms with Gasteiger partial charge in [-0.3, -0.25) is 4.79 Å². The van der Waals surface area contributed by atoms with E-state index in [9.17, 15) is 9.59 Å². The van der Waals surface area contributed by atoms with E-state index in [2.05, 4.69) is 0 Å². The predicted octanol–water partition coefficient (Wildman–Crippen LogP) is 1.73. The second-order valence-corrected chi connectivity index (χ2v) is 5.15. The van der Waals surface area contributed by atoms with Gasteiger partial charge in [0.2, 0.25) is 5.91 Å². The van der Waals surface area contributed by atoms with Crippen molar-refractivity contribution in [2.75, 3.05) is 6.54 Å². The summed E-state index contributed by atoms with van der Waals surface area (Å²) in [6, 6.07) is -0.408. The van der Waals surface area contributed by atoms with Crippen molar-refractivity contribution in [2.24, 2.45) is 0 Å². The van der Waals surface area contributed by atoms with Crippen LogP contribution in [0.5, 0.6) is 0 Å². The van der Waals surface area contributed by atoms with Gasteiger partial charge < -0.3 is 9.64 Å². The smallest absolute Gasteiger partial charge is 0.329 e. The largest absolute Gasteiger partial charge is 0.458 e. The fraction of sp³-hybridized carbons (Fsp3) is 0.833. The molecule has 0 spiro atoms. The summed E-state index contributed by atoms with van der Waals surface area (Å²) in [5.74, 6) is -0.219. The van der Waals surface area contributed by atoms with Gasteiger partial charge in [-0.05, 0) is 33.6 Å². The maximum Gasteiger partial charge on any atom is 0.329 e. The van der Waals surface area contributed by atoms with E-state index in [4.69, 9.17) is 4.74 Å². The molecule has 0 aliphatic carbocycles. The quantitative estimate of drug-likeness (QED) is 0.690. The molecule has 1 atom stereocenters. The van der Waals surface area contributed by atoms with Gasteiger partial charge in [0.05, 0.1) is 0 Å². The van der Waals surface area contributed by atoms with Gasteiger partial charge in [0, 0.05) is 13.0 Å². The van der Waals surface area contributed by atoms with Gasteiger partial charge in [-0.2, -0.15) is 0 Å². The molecule has 1 fully saturated rings. The van der Waals surface area contributed by atoms with Crippen molar-refractivity contribution in [1.82, 2.24) is 4.90 Å². The first-order chi connectivity index (χ1) is 7.35. The third-order valence-electron chi connectivity index (χ3n) is 2.55. The molecule has 1 aliphatic rings. The number of hydrogen-bond acceptors (Lipinski definition) is 3. The van der Waals surface area contributed by atoms with E-state index in [1.54, 1.807) is 4.90 Å². The summed E-state index contributed by atoms with van der Waals surface area (Å²) < 4.78 is 5.32. The molecule has 92 valence electrons. The Kier molecular flexibility index (Phi) is 3.94. The van der Waals surface area contributed by atoms with Gasteiger partial charge in [-0.15, -0.1) is 0 Å². The second kappa shape index (κ2) is 4.85. The number of carbonyl (C=O) groups excluding carboxylic acids is 2. The zero-order valence-corrected chi connectivity index (χ0v) is 10.6. The van der Waals surface area contributed by atoms with E-state index >= 15 is 0 Å². The Labute approximate surface area is 96.9 Å². The minimum atomic E-state index is -0.493. The van der Waals surface area contributed by atoms with Crippen LogP contribution in [-0.2, 0) is 14.3 Å². The van der Waals surface area contributed by atoms with E-state index in [-0.39, 0.29) is 11.9 Å². The van der Waals surface area contributed by atoms with E-state index in [0.717, 1.165) is 6.42 Å². The summed E-state index contributed by atoms with van der Waals surface area (Å²) in [5, 5.41) is 0. The van der Waals surface area contributed by atoms with Gasteiger partial charge in [0.1, 0.15) is 11.6 Å². The molecule has 0 saturated carbocycles. The van der Waals surface area contributed by atoms with Crippen LogP contribution in [0.2, 0.25) is 0 Å². The SMILES string of the molecule is CCC(C(=O)OC(C)(C)C)N1CCCC1=O. The highest BCUT2D eigenvalue weighted by molar-refractivity contribution is 5.85. The molecule has 0 bridgehead atoms. The first-order valence-electron chi connectivity index (χ1n) is 5.87. The number of amides is 1. The first kappa shape index (κ1) is 13.0.